The van der Waals surface area contributed by atoms with E-state index in [0.29, 0.717) is 16.5 Å². The maximum absolute atomic E-state index is 13.1. The summed E-state index contributed by atoms with van der Waals surface area (Å²) in [7, 11) is 0. The summed E-state index contributed by atoms with van der Waals surface area (Å²) in [5.74, 6) is 0.309. The topological polar surface area (TPSA) is 38.9 Å². The number of halogens is 2. The molecule has 3 nitrogen and oxygen atoms in total. The Bertz CT molecular complexity index is 709. The largest absolute Gasteiger partial charge is 0.416 e. The first-order chi connectivity index (χ1) is 9.22. The van der Waals surface area contributed by atoms with Gasteiger partial charge in [0.05, 0.1) is 0 Å². The third kappa shape index (κ3) is 2.48. The average molecular weight is 275 g/mol. The lowest BCUT2D eigenvalue weighted by atomic mass is 10.2. The van der Waals surface area contributed by atoms with Gasteiger partial charge in [-0.3, -0.25) is 0 Å². The molecule has 0 saturated heterocycles. The SMILES string of the molecule is Fc1cccc(-c2nnc(-c3ccc(Cl)cc3)o2)c1. The monoisotopic (exact) mass is 274 g/mol. The Hall–Kier alpha value is -2.20. The molecular weight excluding hydrogens is 267 g/mol. The standard InChI is InChI=1S/C14H8ClFN2O/c15-11-6-4-9(5-7-11)13-17-18-14(19-13)10-2-1-3-12(16)8-10/h1-8H. The lowest BCUT2D eigenvalue weighted by Gasteiger charge is -1.95. The number of rotatable bonds is 2. The zero-order chi connectivity index (χ0) is 13.2. The van der Waals surface area contributed by atoms with E-state index in [4.69, 9.17) is 16.0 Å². The molecule has 0 radical (unpaired) electrons. The molecule has 1 aromatic heterocycles. The Morgan fingerprint density at radius 2 is 1.58 bits per heavy atom. The number of hydrogen-bond donors (Lipinski definition) is 0. The number of benzene rings is 2. The Kier molecular flexibility index (Phi) is 3.01. The van der Waals surface area contributed by atoms with Crippen molar-refractivity contribution in [1.29, 1.82) is 0 Å². The molecule has 1 heterocycles. The zero-order valence-corrected chi connectivity index (χ0v) is 10.4. The third-order valence-electron chi connectivity index (χ3n) is 2.59. The molecule has 0 aliphatic carbocycles. The number of hydrogen-bond acceptors (Lipinski definition) is 3. The van der Waals surface area contributed by atoms with Gasteiger partial charge >= 0.3 is 0 Å². The summed E-state index contributed by atoms with van der Waals surface area (Å²) >= 11 is 5.81. The smallest absolute Gasteiger partial charge is 0.248 e. The lowest BCUT2D eigenvalue weighted by Crippen LogP contribution is -1.79. The minimum Gasteiger partial charge on any atom is -0.416 e. The molecule has 0 amide bonds. The van der Waals surface area contributed by atoms with Crippen LogP contribution in [0, 0.1) is 5.82 Å². The first-order valence-electron chi connectivity index (χ1n) is 5.58. The number of nitrogens with zero attached hydrogens (tertiary/aromatic N) is 2. The van der Waals surface area contributed by atoms with Crippen LogP contribution in [-0.2, 0) is 0 Å². The summed E-state index contributed by atoms with van der Waals surface area (Å²) in [6.45, 7) is 0. The molecular formula is C14H8ClFN2O. The summed E-state index contributed by atoms with van der Waals surface area (Å²) in [5, 5.41) is 8.48. The van der Waals surface area contributed by atoms with Gasteiger partial charge in [-0.25, -0.2) is 4.39 Å². The second-order valence-corrected chi connectivity index (χ2v) is 4.37. The van der Waals surface area contributed by atoms with Gasteiger partial charge in [0, 0.05) is 16.1 Å². The highest BCUT2D eigenvalue weighted by Crippen LogP contribution is 2.25. The highest BCUT2D eigenvalue weighted by molar-refractivity contribution is 6.30. The normalized spacial score (nSPS) is 10.6. The Balaban J connectivity index is 1.97. The second-order valence-electron chi connectivity index (χ2n) is 3.93. The van der Waals surface area contributed by atoms with Gasteiger partial charge in [0.25, 0.3) is 0 Å². The van der Waals surface area contributed by atoms with Gasteiger partial charge in [0.15, 0.2) is 0 Å². The van der Waals surface area contributed by atoms with Gasteiger partial charge in [-0.1, -0.05) is 17.7 Å². The minimum absolute atomic E-state index is 0.282. The van der Waals surface area contributed by atoms with Crippen molar-refractivity contribution in [2.75, 3.05) is 0 Å². The minimum atomic E-state index is -0.344. The predicted octanol–water partition coefficient (Wildman–Crippen LogP) is 4.20. The van der Waals surface area contributed by atoms with E-state index in [0.717, 1.165) is 5.56 Å². The molecule has 3 aromatic rings. The molecule has 0 saturated carbocycles. The van der Waals surface area contributed by atoms with Gasteiger partial charge in [-0.05, 0) is 42.5 Å². The molecule has 0 fully saturated rings. The molecule has 0 aliphatic heterocycles. The Morgan fingerprint density at radius 3 is 2.26 bits per heavy atom. The summed E-state index contributed by atoms with van der Waals surface area (Å²) in [5.41, 5.74) is 1.31. The molecule has 3 rings (SSSR count). The highest BCUT2D eigenvalue weighted by atomic mass is 35.5. The summed E-state index contributed by atoms with van der Waals surface area (Å²) in [6.07, 6.45) is 0. The van der Waals surface area contributed by atoms with E-state index in [1.165, 1.54) is 12.1 Å². The first-order valence-corrected chi connectivity index (χ1v) is 5.95. The maximum atomic E-state index is 13.1. The maximum Gasteiger partial charge on any atom is 0.248 e. The van der Waals surface area contributed by atoms with Gasteiger partial charge in [0.1, 0.15) is 5.82 Å². The fourth-order valence-corrected chi connectivity index (χ4v) is 1.80. The van der Waals surface area contributed by atoms with Crippen molar-refractivity contribution in [3.63, 3.8) is 0 Å². The van der Waals surface area contributed by atoms with Crippen LogP contribution in [-0.4, -0.2) is 10.2 Å². The van der Waals surface area contributed by atoms with Gasteiger partial charge in [-0.2, -0.15) is 0 Å². The van der Waals surface area contributed by atoms with Crippen molar-refractivity contribution >= 4 is 11.6 Å². The quantitative estimate of drug-likeness (QED) is 0.703. The van der Waals surface area contributed by atoms with Crippen LogP contribution >= 0.6 is 11.6 Å². The van der Waals surface area contributed by atoms with Crippen molar-refractivity contribution in [2.45, 2.75) is 0 Å². The molecule has 5 heteroatoms. The summed E-state index contributed by atoms with van der Waals surface area (Å²) in [6, 6.07) is 13.1. The van der Waals surface area contributed by atoms with E-state index in [1.54, 1.807) is 36.4 Å². The van der Waals surface area contributed by atoms with Crippen molar-refractivity contribution in [1.82, 2.24) is 10.2 Å². The second kappa shape index (κ2) is 4.82. The lowest BCUT2D eigenvalue weighted by molar-refractivity contribution is 0.582. The van der Waals surface area contributed by atoms with Crippen LogP contribution in [0.4, 0.5) is 4.39 Å². The van der Waals surface area contributed by atoms with Crippen LogP contribution in [0.1, 0.15) is 0 Å². The van der Waals surface area contributed by atoms with Crippen LogP contribution < -0.4 is 0 Å². The summed E-state index contributed by atoms with van der Waals surface area (Å²) in [4.78, 5) is 0. The molecule has 0 atom stereocenters. The van der Waals surface area contributed by atoms with Crippen molar-refractivity contribution < 1.29 is 8.81 Å². The Labute approximate surface area is 113 Å². The Morgan fingerprint density at radius 1 is 0.895 bits per heavy atom. The first kappa shape index (κ1) is 11.9. The number of aromatic nitrogens is 2. The van der Waals surface area contributed by atoms with Crippen molar-refractivity contribution in [3.05, 3.63) is 59.4 Å². The predicted molar refractivity (Wildman–Crippen MR) is 70.1 cm³/mol. The van der Waals surface area contributed by atoms with E-state index in [-0.39, 0.29) is 11.7 Å². The van der Waals surface area contributed by atoms with Crippen LogP contribution in [0.2, 0.25) is 5.02 Å². The molecule has 0 bridgehead atoms. The fraction of sp³-hybridized carbons (Fsp3) is 0. The van der Waals surface area contributed by atoms with E-state index >= 15 is 0 Å². The van der Waals surface area contributed by atoms with E-state index < -0.39 is 0 Å². The third-order valence-corrected chi connectivity index (χ3v) is 2.84. The molecule has 2 aromatic carbocycles. The van der Waals surface area contributed by atoms with Crippen molar-refractivity contribution in [3.8, 4) is 22.9 Å². The zero-order valence-electron chi connectivity index (χ0n) is 9.68. The van der Waals surface area contributed by atoms with Gasteiger partial charge in [-0.15, -0.1) is 10.2 Å². The molecule has 0 spiro atoms. The molecule has 0 unspecified atom stereocenters. The van der Waals surface area contributed by atoms with E-state index in [1.807, 2.05) is 0 Å². The highest BCUT2D eigenvalue weighted by Gasteiger charge is 2.10. The van der Waals surface area contributed by atoms with Crippen molar-refractivity contribution in [2.24, 2.45) is 0 Å². The molecule has 94 valence electrons. The van der Waals surface area contributed by atoms with Crippen LogP contribution in [0.15, 0.2) is 52.9 Å². The molecule has 19 heavy (non-hydrogen) atoms. The molecule has 0 N–H and O–H groups in total. The fourth-order valence-electron chi connectivity index (χ4n) is 1.67. The van der Waals surface area contributed by atoms with Crippen LogP contribution in [0.3, 0.4) is 0 Å². The van der Waals surface area contributed by atoms with Gasteiger partial charge < -0.3 is 4.42 Å². The molecule has 0 aliphatic rings. The van der Waals surface area contributed by atoms with E-state index in [2.05, 4.69) is 10.2 Å². The van der Waals surface area contributed by atoms with Crippen LogP contribution in [0.25, 0.3) is 22.9 Å². The summed E-state index contributed by atoms with van der Waals surface area (Å²) < 4.78 is 18.6. The van der Waals surface area contributed by atoms with E-state index in [9.17, 15) is 4.39 Å². The van der Waals surface area contributed by atoms with Gasteiger partial charge in [0.2, 0.25) is 11.8 Å². The average Bonchev–Trinajstić information content (AvgIpc) is 2.89. The van der Waals surface area contributed by atoms with Crippen LogP contribution in [0.5, 0.6) is 0 Å².